The number of thioether (sulfide) groups is 1. The van der Waals surface area contributed by atoms with Crippen molar-refractivity contribution in [2.75, 3.05) is 39.0 Å². The van der Waals surface area contributed by atoms with Crippen LogP contribution in [0.3, 0.4) is 0 Å². The number of nitrogens with one attached hydrogen (secondary N) is 1. The molecule has 86 valence electrons. The molecule has 0 saturated carbocycles. The summed E-state index contributed by atoms with van der Waals surface area (Å²) in [4.78, 5) is 11.3. The van der Waals surface area contributed by atoms with Crippen molar-refractivity contribution in [3.8, 4) is 0 Å². The molecule has 1 saturated heterocycles. The highest BCUT2D eigenvalue weighted by atomic mass is 35.5. The third-order valence-corrected chi connectivity index (χ3v) is 3.33. The van der Waals surface area contributed by atoms with Gasteiger partial charge in [-0.2, -0.15) is 0 Å². The molecular weight excluding hydrogens is 232 g/mol. The zero-order valence-electron chi connectivity index (χ0n) is 8.90. The Bertz CT molecular complexity index is 267. The highest BCUT2D eigenvalue weighted by Crippen LogP contribution is 2.22. The van der Waals surface area contributed by atoms with Gasteiger partial charge in [0.05, 0.1) is 12.3 Å². The molecule has 0 aliphatic carbocycles. The largest absolute Gasteiger partial charge is 0.318 e. The minimum absolute atomic E-state index is 0. The van der Waals surface area contributed by atoms with Crippen molar-refractivity contribution >= 4 is 35.2 Å². The van der Waals surface area contributed by atoms with Crippen molar-refractivity contribution in [3.05, 3.63) is 0 Å². The molecule has 2 aliphatic heterocycles. The molecule has 0 aromatic carbocycles. The molecule has 0 spiro atoms. The van der Waals surface area contributed by atoms with Crippen LogP contribution in [0.1, 0.15) is 6.42 Å². The number of amidine groups is 2. The van der Waals surface area contributed by atoms with Crippen LogP contribution < -0.4 is 5.32 Å². The van der Waals surface area contributed by atoms with Crippen LogP contribution >= 0.6 is 24.2 Å². The van der Waals surface area contributed by atoms with Gasteiger partial charge in [0.25, 0.3) is 0 Å². The van der Waals surface area contributed by atoms with Crippen LogP contribution in [0.15, 0.2) is 9.98 Å². The van der Waals surface area contributed by atoms with E-state index in [0.29, 0.717) is 0 Å². The Kier molecular flexibility index (Phi) is 5.42. The minimum atomic E-state index is 0. The smallest absolute Gasteiger partial charge is 0.165 e. The first-order valence-corrected chi connectivity index (χ1v) is 6.03. The van der Waals surface area contributed by atoms with Gasteiger partial charge in [0.1, 0.15) is 5.84 Å². The van der Waals surface area contributed by atoms with E-state index in [0.717, 1.165) is 38.4 Å². The van der Waals surface area contributed by atoms with Gasteiger partial charge in [-0.05, 0) is 13.5 Å². The van der Waals surface area contributed by atoms with Gasteiger partial charge >= 0.3 is 0 Å². The zero-order valence-corrected chi connectivity index (χ0v) is 10.5. The SMILES string of the molecule is CNCC/N=C1\SCC2=NCCCN21.Cl. The lowest BCUT2D eigenvalue weighted by atomic mass is 10.3. The van der Waals surface area contributed by atoms with Gasteiger partial charge in [0.15, 0.2) is 5.17 Å². The summed E-state index contributed by atoms with van der Waals surface area (Å²) in [5, 5.41) is 4.26. The molecule has 4 nitrogen and oxygen atoms in total. The lowest BCUT2D eigenvalue weighted by Crippen LogP contribution is -2.34. The van der Waals surface area contributed by atoms with Crippen LogP contribution in [0, 0.1) is 0 Å². The Balaban J connectivity index is 0.00000112. The average molecular weight is 249 g/mol. The third-order valence-electron chi connectivity index (χ3n) is 2.32. The van der Waals surface area contributed by atoms with E-state index in [9.17, 15) is 0 Å². The van der Waals surface area contributed by atoms with Crippen molar-refractivity contribution < 1.29 is 0 Å². The standard InChI is InChI=1S/C9H16N4S.ClH/c1-10-4-5-12-9-13-6-2-3-11-8(13)7-14-9;/h10H,2-7H2,1H3;1H/b12-9-;. The summed E-state index contributed by atoms with van der Waals surface area (Å²) in [6, 6.07) is 0. The number of hydrogen-bond acceptors (Lipinski definition) is 4. The number of nitrogens with zero attached hydrogens (tertiary/aromatic N) is 3. The average Bonchev–Trinajstić information content (AvgIpc) is 2.63. The van der Waals surface area contributed by atoms with Crippen LogP contribution in [0.4, 0.5) is 0 Å². The van der Waals surface area contributed by atoms with Crippen molar-refractivity contribution in [2.45, 2.75) is 6.42 Å². The lowest BCUT2D eigenvalue weighted by Gasteiger charge is -2.22. The molecule has 0 atom stereocenters. The second kappa shape index (κ2) is 6.35. The highest BCUT2D eigenvalue weighted by molar-refractivity contribution is 8.15. The topological polar surface area (TPSA) is 40.0 Å². The summed E-state index contributed by atoms with van der Waals surface area (Å²) in [6.45, 7) is 3.91. The molecule has 1 N–H and O–H groups in total. The van der Waals surface area contributed by atoms with Crippen LogP contribution in [-0.4, -0.2) is 54.9 Å². The maximum absolute atomic E-state index is 4.56. The van der Waals surface area contributed by atoms with E-state index in [-0.39, 0.29) is 12.4 Å². The number of rotatable bonds is 3. The first-order chi connectivity index (χ1) is 6.92. The van der Waals surface area contributed by atoms with E-state index in [4.69, 9.17) is 0 Å². The van der Waals surface area contributed by atoms with Gasteiger partial charge in [-0.1, -0.05) is 11.8 Å². The summed E-state index contributed by atoms with van der Waals surface area (Å²) in [6.07, 6.45) is 1.16. The molecule has 2 aliphatic rings. The number of aliphatic imine (C=N–C) groups is 2. The maximum Gasteiger partial charge on any atom is 0.165 e. The molecule has 15 heavy (non-hydrogen) atoms. The Hall–Kier alpha value is -0.260. The molecule has 0 bridgehead atoms. The monoisotopic (exact) mass is 248 g/mol. The fourth-order valence-corrected chi connectivity index (χ4v) is 2.62. The predicted octanol–water partition coefficient (Wildman–Crippen LogP) is 0.835. The van der Waals surface area contributed by atoms with Crippen molar-refractivity contribution in [3.63, 3.8) is 0 Å². The Morgan fingerprint density at radius 3 is 3.27 bits per heavy atom. The molecule has 0 aromatic heterocycles. The third kappa shape index (κ3) is 3.09. The summed E-state index contributed by atoms with van der Waals surface area (Å²) < 4.78 is 0. The van der Waals surface area contributed by atoms with Gasteiger partial charge in [-0.3, -0.25) is 9.98 Å². The van der Waals surface area contributed by atoms with E-state index in [1.807, 2.05) is 18.8 Å². The van der Waals surface area contributed by atoms with Crippen molar-refractivity contribution in [1.82, 2.24) is 10.2 Å². The number of likely N-dealkylation sites (N-methyl/N-ethyl adjacent to an activating group) is 1. The molecule has 1 fully saturated rings. The van der Waals surface area contributed by atoms with E-state index in [2.05, 4.69) is 20.2 Å². The Morgan fingerprint density at radius 1 is 1.60 bits per heavy atom. The zero-order chi connectivity index (χ0) is 9.80. The van der Waals surface area contributed by atoms with E-state index in [1.54, 1.807) is 0 Å². The summed E-state index contributed by atoms with van der Waals surface area (Å²) in [7, 11) is 1.95. The molecule has 2 rings (SSSR count). The number of fused-ring (bicyclic) bond motifs is 1. The molecule has 0 amide bonds. The maximum atomic E-state index is 4.56. The molecule has 0 aromatic rings. The molecule has 2 heterocycles. The van der Waals surface area contributed by atoms with Crippen LogP contribution in [0.2, 0.25) is 0 Å². The van der Waals surface area contributed by atoms with E-state index in [1.165, 1.54) is 11.0 Å². The lowest BCUT2D eigenvalue weighted by molar-refractivity contribution is 0.556. The minimum Gasteiger partial charge on any atom is -0.318 e. The van der Waals surface area contributed by atoms with Crippen LogP contribution in [-0.2, 0) is 0 Å². The number of halogens is 1. The highest BCUT2D eigenvalue weighted by Gasteiger charge is 2.27. The first-order valence-electron chi connectivity index (χ1n) is 5.04. The van der Waals surface area contributed by atoms with E-state index < -0.39 is 0 Å². The first kappa shape index (κ1) is 12.8. The van der Waals surface area contributed by atoms with Crippen LogP contribution in [0.25, 0.3) is 0 Å². The number of hydrogen-bond donors (Lipinski definition) is 1. The van der Waals surface area contributed by atoms with Gasteiger partial charge < -0.3 is 10.2 Å². The van der Waals surface area contributed by atoms with Gasteiger partial charge in [-0.25, -0.2) is 0 Å². The normalized spacial score (nSPS) is 22.3. The molecular formula is C9H17ClN4S. The molecule has 6 heteroatoms. The second-order valence-electron chi connectivity index (χ2n) is 3.36. The molecule has 0 radical (unpaired) electrons. The second-order valence-corrected chi connectivity index (χ2v) is 4.30. The Labute approximate surface area is 101 Å². The van der Waals surface area contributed by atoms with Gasteiger partial charge in [0.2, 0.25) is 0 Å². The summed E-state index contributed by atoms with van der Waals surface area (Å²) in [5.41, 5.74) is 0. The van der Waals surface area contributed by atoms with Crippen molar-refractivity contribution in [1.29, 1.82) is 0 Å². The fourth-order valence-electron chi connectivity index (χ4n) is 1.58. The van der Waals surface area contributed by atoms with Crippen LogP contribution in [0.5, 0.6) is 0 Å². The fraction of sp³-hybridized carbons (Fsp3) is 0.778. The van der Waals surface area contributed by atoms with Gasteiger partial charge in [0, 0.05) is 19.6 Å². The van der Waals surface area contributed by atoms with Gasteiger partial charge in [-0.15, -0.1) is 12.4 Å². The quantitative estimate of drug-likeness (QED) is 0.753. The van der Waals surface area contributed by atoms with E-state index >= 15 is 0 Å². The predicted molar refractivity (Wildman–Crippen MR) is 69.6 cm³/mol. The molecule has 0 unspecified atom stereocenters. The Morgan fingerprint density at radius 2 is 2.47 bits per heavy atom. The van der Waals surface area contributed by atoms with Crippen molar-refractivity contribution in [2.24, 2.45) is 9.98 Å². The summed E-state index contributed by atoms with van der Waals surface area (Å²) >= 11 is 1.82. The summed E-state index contributed by atoms with van der Waals surface area (Å²) in [5.74, 6) is 2.24.